The molecule has 1 aromatic carbocycles. The van der Waals surface area contributed by atoms with Crippen LogP contribution in [0.4, 0.5) is 11.6 Å². The number of anilines is 2. The lowest BCUT2D eigenvalue weighted by molar-refractivity contribution is 0.600. The van der Waals surface area contributed by atoms with Crippen LogP contribution >= 0.6 is 0 Å². The Hall–Kier alpha value is -2.41. The predicted octanol–water partition coefficient (Wildman–Crippen LogP) is 4.20. The van der Waals surface area contributed by atoms with Crippen LogP contribution in [0.3, 0.4) is 0 Å². The molecule has 1 aliphatic carbocycles. The van der Waals surface area contributed by atoms with Crippen LogP contribution in [0.2, 0.25) is 0 Å². The van der Waals surface area contributed by atoms with Gasteiger partial charge in [-0.25, -0.2) is 8.42 Å². The number of nitrogens with zero attached hydrogens (tertiary/aromatic N) is 2. The largest absolute Gasteiger partial charge is 0.368 e. The zero-order chi connectivity index (χ0) is 19.3. The van der Waals surface area contributed by atoms with Gasteiger partial charge in [-0.1, -0.05) is 29.3 Å². The average Bonchev–Trinajstić information content (AvgIpc) is 2.63. The lowest BCUT2D eigenvalue weighted by Crippen LogP contribution is -2.16. The first-order valence-corrected chi connectivity index (χ1v) is 10.8. The highest BCUT2D eigenvalue weighted by molar-refractivity contribution is 7.92. The summed E-state index contributed by atoms with van der Waals surface area (Å²) in [6.07, 6.45) is 8.28. The van der Waals surface area contributed by atoms with Crippen LogP contribution in [-0.2, 0) is 10.0 Å². The van der Waals surface area contributed by atoms with Gasteiger partial charge < -0.3 is 5.32 Å². The topological polar surface area (TPSA) is 84.0 Å². The summed E-state index contributed by atoms with van der Waals surface area (Å²) < 4.78 is 27.6. The Balaban J connectivity index is 1.59. The zero-order valence-electron chi connectivity index (χ0n) is 15.8. The summed E-state index contributed by atoms with van der Waals surface area (Å²) >= 11 is 0. The summed E-state index contributed by atoms with van der Waals surface area (Å²) in [5.41, 5.74) is 3.22. The Morgan fingerprint density at radius 3 is 2.48 bits per heavy atom. The first-order chi connectivity index (χ1) is 12.9. The van der Waals surface area contributed by atoms with E-state index in [0.717, 1.165) is 18.5 Å². The Labute approximate surface area is 161 Å². The van der Waals surface area contributed by atoms with Crippen LogP contribution in [-0.4, -0.2) is 25.2 Å². The SMILES string of the molecule is Cc1ccc(S(=O)(=O)Nc2ccc(NCCC3=CCCCC3)nn2)c(C)c1. The standard InChI is InChI=1S/C20H26N4O2S/c1-15-8-9-18(16(2)14-15)27(25,26)24-20-11-10-19(22-23-20)21-13-12-17-6-4-3-5-7-17/h6,8-11,14H,3-5,7,12-13H2,1-2H3,(H,21,22)(H,23,24). The van der Waals surface area contributed by atoms with Crippen LogP contribution in [0.5, 0.6) is 0 Å². The third kappa shape index (κ3) is 5.29. The van der Waals surface area contributed by atoms with Crippen molar-refractivity contribution in [2.24, 2.45) is 0 Å². The molecular formula is C20H26N4O2S. The number of nitrogens with one attached hydrogen (secondary N) is 2. The Kier molecular flexibility index (Phi) is 6.11. The van der Waals surface area contributed by atoms with Crippen molar-refractivity contribution in [1.82, 2.24) is 10.2 Å². The number of rotatable bonds is 7. The molecule has 1 heterocycles. The Morgan fingerprint density at radius 1 is 1.04 bits per heavy atom. The van der Waals surface area contributed by atoms with Crippen molar-refractivity contribution in [3.63, 3.8) is 0 Å². The molecule has 0 spiro atoms. The normalized spacial score (nSPS) is 14.5. The van der Waals surface area contributed by atoms with Crippen molar-refractivity contribution in [2.75, 3.05) is 16.6 Å². The van der Waals surface area contributed by atoms with E-state index in [4.69, 9.17) is 0 Å². The van der Waals surface area contributed by atoms with E-state index < -0.39 is 10.0 Å². The smallest absolute Gasteiger partial charge is 0.263 e. The predicted molar refractivity (Wildman–Crippen MR) is 108 cm³/mol. The van der Waals surface area contributed by atoms with Gasteiger partial charge in [0.1, 0.15) is 5.82 Å². The van der Waals surface area contributed by atoms with Gasteiger partial charge >= 0.3 is 0 Å². The minimum atomic E-state index is -3.69. The summed E-state index contributed by atoms with van der Waals surface area (Å²) in [5, 5.41) is 11.3. The fraction of sp³-hybridized carbons (Fsp3) is 0.400. The van der Waals surface area contributed by atoms with Crippen LogP contribution < -0.4 is 10.0 Å². The minimum Gasteiger partial charge on any atom is -0.368 e. The maximum Gasteiger partial charge on any atom is 0.263 e. The molecule has 1 aromatic heterocycles. The molecule has 7 heteroatoms. The van der Waals surface area contributed by atoms with Gasteiger partial charge in [0.25, 0.3) is 10.0 Å². The van der Waals surface area contributed by atoms with Crippen LogP contribution in [0.1, 0.15) is 43.2 Å². The molecule has 27 heavy (non-hydrogen) atoms. The lowest BCUT2D eigenvalue weighted by Gasteiger charge is -2.13. The van der Waals surface area contributed by atoms with Gasteiger partial charge in [-0.05, 0) is 69.7 Å². The van der Waals surface area contributed by atoms with Gasteiger partial charge in [0.15, 0.2) is 5.82 Å². The van der Waals surface area contributed by atoms with Crippen molar-refractivity contribution in [3.05, 3.63) is 53.1 Å². The number of aromatic nitrogens is 2. The highest BCUT2D eigenvalue weighted by Crippen LogP contribution is 2.21. The molecule has 0 saturated heterocycles. The third-order valence-electron chi connectivity index (χ3n) is 4.66. The van der Waals surface area contributed by atoms with E-state index in [-0.39, 0.29) is 10.7 Å². The van der Waals surface area contributed by atoms with E-state index >= 15 is 0 Å². The molecule has 0 unspecified atom stereocenters. The van der Waals surface area contributed by atoms with E-state index in [1.807, 2.05) is 13.0 Å². The number of hydrogen-bond acceptors (Lipinski definition) is 5. The van der Waals surface area contributed by atoms with Gasteiger partial charge in [0, 0.05) is 6.54 Å². The Bertz CT molecular complexity index is 921. The summed E-state index contributed by atoms with van der Waals surface area (Å²) in [6, 6.07) is 8.59. The summed E-state index contributed by atoms with van der Waals surface area (Å²) in [7, 11) is -3.69. The van der Waals surface area contributed by atoms with E-state index in [1.54, 1.807) is 31.2 Å². The Morgan fingerprint density at radius 2 is 1.81 bits per heavy atom. The molecular weight excluding hydrogens is 360 g/mol. The van der Waals surface area contributed by atoms with E-state index in [9.17, 15) is 8.42 Å². The van der Waals surface area contributed by atoms with Gasteiger partial charge in [0.05, 0.1) is 4.90 Å². The summed E-state index contributed by atoms with van der Waals surface area (Å²) in [6.45, 7) is 4.51. The lowest BCUT2D eigenvalue weighted by atomic mass is 9.97. The molecule has 6 nitrogen and oxygen atoms in total. The number of aryl methyl sites for hydroxylation is 2. The molecule has 0 amide bonds. The molecule has 3 rings (SSSR count). The number of benzene rings is 1. The molecule has 2 N–H and O–H groups in total. The molecule has 2 aromatic rings. The van der Waals surface area contributed by atoms with Crippen molar-refractivity contribution < 1.29 is 8.42 Å². The van der Waals surface area contributed by atoms with Crippen molar-refractivity contribution in [2.45, 2.75) is 50.8 Å². The molecule has 0 bridgehead atoms. The summed E-state index contributed by atoms with van der Waals surface area (Å²) in [4.78, 5) is 0.248. The second-order valence-corrected chi connectivity index (χ2v) is 8.61. The number of sulfonamides is 1. The fourth-order valence-corrected chi connectivity index (χ4v) is 4.48. The first-order valence-electron chi connectivity index (χ1n) is 9.30. The third-order valence-corrected chi connectivity index (χ3v) is 6.18. The van der Waals surface area contributed by atoms with Crippen molar-refractivity contribution >= 4 is 21.7 Å². The molecule has 0 aliphatic heterocycles. The van der Waals surface area contributed by atoms with Crippen LogP contribution in [0.25, 0.3) is 0 Å². The molecule has 0 fully saturated rings. The van der Waals surface area contributed by atoms with Gasteiger partial charge in [0.2, 0.25) is 0 Å². The molecule has 0 radical (unpaired) electrons. The van der Waals surface area contributed by atoms with E-state index in [1.165, 1.54) is 31.3 Å². The maximum atomic E-state index is 12.6. The van der Waals surface area contributed by atoms with Gasteiger partial charge in [-0.2, -0.15) is 0 Å². The van der Waals surface area contributed by atoms with Crippen LogP contribution in [0.15, 0.2) is 46.9 Å². The van der Waals surface area contributed by atoms with Crippen molar-refractivity contribution in [3.8, 4) is 0 Å². The van der Waals surface area contributed by atoms with Gasteiger partial charge in [-0.15, -0.1) is 10.2 Å². The molecule has 0 atom stereocenters. The first kappa shape index (κ1) is 19.4. The fourth-order valence-electron chi connectivity index (χ4n) is 3.26. The number of allylic oxidation sites excluding steroid dienone is 1. The average molecular weight is 387 g/mol. The van der Waals surface area contributed by atoms with Crippen molar-refractivity contribution in [1.29, 1.82) is 0 Å². The summed E-state index contributed by atoms with van der Waals surface area (Å²) in [5.74, 6) is 0.844. The quantitative estimate of drug-likeness (QED) is 0.697. The minimum absolute atomic E-state index is 0.204. The molecule has 144 valence electrons. The molecule has 1 aliphatic rings. The number of hydrogen-bond donors (Lipinski definition) is 2. The van der Waals surface area contributed by atoms with Crippen LogP contribution in [0, 0.1) is 13.8 Å². The highest BCUT2D eigenvalue weighted by atomic mass is 32.2. The second kappa shape index (κ2) is 8.52. The molecule has 0 saturated carbocycles. The monoisotopic (exact) mass is 386 g/mol. The van der Waals surface area contributed by atoms with E-state index in [0.29, 0.717) is 11.4 Å². The highest BCUT2D eigenvalue weighted by Gasteiger charge is 2.17. The second-order valence-electron chi connectivity index (χ2n) is 6.96. The van der Waals surface area contributed by atoms with E-state index in [2.05, 4.69) is 26.3 Å². The van der Waals surface area contributed by atoms with Gasteiger partial charge in [-0.3, -0.25) is 4.72 Å². The zero-order valence-corrected chi connectivity index (χ0v) is 16.6. The maximum absolute atomic E-state index is 12.6.